The zero-order valence-corrected chi connectivity index (χ0v) is 19.7. The Bertz CT molecular complexity index is 1600. The molecule has 4 aromatic rings. The van der Waals surface area contributed by atoms with Gasteiger partial charge in [0.25, 0.3) is 11.2 Å². The van der Waals surface area contributed by atoms with Crippen LogP contribution in [0.1, 0.15) is 17.5 Å². The van der Waals surface area contributed by atoms with Gasteiger partial charge >= 0.3 is 5.69 Å². The maximum absolute atomic E-state index is 13.3. The fourth-order valence-electron chi connectivity index (χ4n) is 3.99. The molecular weight excluding hydrogens is 488 g/mol. The summed E-state index contributed by atoms with van der Waals surface area (Å²) in [6.45, 7) is 0.357. The molecule has 12 heteroatoms. The van der Waals surface area contributed by atoms with Gasteiger partial charge in [-0.15, -0.1) is 11.3 Å². The number of nitro benzene ring substituents is 1. The Morgan fingerprint density at radius 3 is 2.72 bits per heavy atom. The Hall–Kier alpha value is -4.45. The Labute approximate surface area is 207 Å². The number of nitrogens with one attached hydrogen (secondary N) is 1. The molecule has 0 bridgehead atoms. The minimum atomic E-state index is -0.582. The largest absolute Gasteiger partial charge is 0.454 e. The van der Waals surface area contributed by atoms with Crippen LogP contribution in [0.25, 0.3) is 10.2 Å². The fraction of sp³-hybridized carbons (Fsp3) is 0.208. The summed E-state index contributed by atoms with van der Waals surface area (Å²) in [4.78, 5) is 49.3. The zero-order chi connectivity index (χ0) is 25.2. The lowest BCUT2D eigenvalue weighted by Crippen LogP contribution is -2.40. The maximum atomic E-state index is 13.3. The van der Waals surface area contributed by atoms with Crippen molar-refractivity contribution in [2.24, 2.45) is 0 Å². The van der Waals surface area contributed by atoms with Gasteiger partial charge in [-0.3, -0.25) is 28.8 Å². The molecule has 1 amide bonds. The first-order valence-corrected chi connectivity index (χ1v) is 11.9. The highest BCUT2D eigenvalue weighted by Gasteiger charge is 2.17. The lowest BCUT2D eigenvalue weighted by atomic mass is 10.2. The number of non-ortho nitro benzene ring substituents is 1. The van der Waals surface area contributed by atoms with Crippen molar-refractivity contribution in [2.75, 3.05) is 6.79 Å². The van der Waals surface area contributed by atoms with Gasteiger partial charge in [0, 0.05) is 31.6 Å². The number of aromatic nitrogens is 2. The van der Waals surface area contributed by atoms with Crippen molar-refractivity contribution in [2.45, 2.75) is 26.1 Å². The number of carbonyl (C=O) groups excluding carboxylic acids is 1. The molecule has 11 nitrogen and oxygen atoms in total. The van der Waals surface area contributed by atoms with Crippen molar-refractivity contribution in [3.8, 4) is 11.5 Å². The van der Waals surface area contributed by atoms with Crippen molar-refractivity contribution in [1.29, 1.82) is 0 Å². The van der Waals surface area contributed by atoms with Crippen LogP contribution in [-0.2, 0) is 24.4 Å². The molecule has 0 radical (unpaired) electrons. The molecule has 3 heterocycles. The molecule has 1 aliphatic rings. The van der Waals surface area contributed by atoms with E-state index >= 15 is 0 Å². The van der Waals surface area contributed by atoms with Crippen LogP contribution in [-0.4, -0.2) is 26.8 Å². The van der Waals surface area contributed by atoms with Crippen LogP contribution in [0.15, 0.2) is 63.5 Å². The molecule has 0 unspecified atom stereocenters. The zero-order valence-electron chi connectivity index (χ0n) is 18.8. The lowest BCUT2D eigenvalue weighted by Gasteiger charge is -2.12. The van der Waals surface area contributed by atoms with Gasteiger partial charge in [0.1, 0.15) is 4.70 Å². The summed E-state index contributed by atoms with van der Waals surface area (Å²) in [5.41, 5.74) is 0.680. The second kappa shape index (κ2) is 9.66. The normalized spacial score (nSPS) is 12.1. The van der Waals surface area contributed by atoms with E-state index in [1.165, 1.54) is 28.0 Å². The van der Waals surface area contributed by atoms with Crippen LogP contribution in [0.3, 0.4) is 0 Å². The molecule has 0 atom stereocenters. The van der Waals surface area contributed by atoms with Crippen molar-refractivity contribution in [3.05, 3.63) is 96.0 Å². The summed E-state index contributed by atoms with van der Waals surface area (Å²) in [5.74, 6) is 0.937. The first-order valence-electron chi connectivity index (χ1n) is 11.0. The number of benzene rings is 2. The second-order valence-electron chi connectivity index (χ2n) is 8.10. The van der Waals surface area contributed by atoms with Crippen LogP contribution >= 0.6 is 11.3 Å². The summed E-state index contributed by atoms with van der Waals surface area (Å²) in [6.07, 6.45) is -0.0760. The standard InChI is InChI=1S/C24H20N4O7S/c29-21(25-12-15-4-5-19-20(11-15)35-14-34-19)6-8-26-23(30)22-18(7-9-36-22)27(24(26)31)13-16-2-1-3-17(10-16)28(32)33/h1-5,7,9-11H,6,8,12-14H2,(H,25,29). The highest BCUT2D eigenvalue weighted by Crippen LogP contribution is 2.32. The van der Waals surface area contributed by atoms with Crippen LogP contribution in [0, 0.1) is 10.1 Å². The minimum Gasteiger partial charge on any atom is -0.454 e. The van der Waals surface area contributed by atoms with E-state index < -0.39 is 16.2 Å². The molecule has 0 saturated heterocycles. The average Bonchev–Trinajstić information content (AvgIpc) is 3.55. The molecule has 0 spiro atoms. The summed E-state index contributed by atoms with van der Waals surface area (Å²) >= 11 is 1.20. The number of hydrogen-bond acceptors (Lipinski definition) is 8. The van der Waals surface area contributed by atoms with Crippen molar-refractivity contribution < 1.29 is 19.2 Å². The number of hydrogen-bond donors (Lipinski definition) is 1. The van der Waals surface area contributed by atoms with E-state index in [1.54, 1.807) is 35.7 Å². The molecule has 2 aromatic carbocycles. The number of fused-ring (bicyclic) bond motifs is 2. The van der Waals surface area contributed by atoms with E-state index in [0.29, 0.717) is 27.3 Å². The monoisotopic (exact) mass is 508 g/mol. The van der Waals surface area contributed by atoms with E-state index in [2.05, 4.69) is 5.32 Å². The average molecular weight is 509 g/mol. The molecular formula is C24H20N4O7S. The molecule has 0 aliphatic carbocycles. The molecule has 0 fully saturated rings. The predicted molar refractivity (Wildman–Crippen MR) is 132 cm³/mol. The molecule has 1 aliphatic heterocycles. The Balaban J connectivity index is 1.34. The summed E-state index contributed by atoms with van der Waals surface area (Å²) < 4.78 is 13.4. The van der Waals surface area contributed by atoms with E-state index in [1.807, 2.05) is 6.07 Å². The SMILES string of the molecule is O=C(CCn1c(=O)c2sccc2n(Cc2cccc([N+](=O)[O-])c2)c1=O)NCc1ccc2c(c1)OCO2. The van der Waals surface area contributed by atoms with Crippen molar-refractivity contribution in [1.82, 2.24) is 14.5 Å². The molecule has 36 heavy (non-hydrogen) atoms. The molecule has 5 rings (SSSR count). The third kappa shape index (κ3) is 4.58. The van der Waals surface area contributed by atoms with Gasteiger partial charge in [-0.25, -0.2) is 4.79 Å². The first kappa shape index (κ1) is 23.3. The van der Waals surface area contributed by atoms with E-state index in [9.17, 15) is 24.5 Å². The Morgan fingerprint density at radius 1 is 1.06 bits per heavy atom. The number of ether oxygens (including phenoxy) is 2. The van der Waals surface area contributed by atoms with Crippen LogP contribution in [0.2, 0.25) is 0 Å². The van der Waals surface area contributed by atoms with Gasteiger partial charge in [-0.2, -0.15) is 0 Å². The number of rotatable bonds is 8. The topological polar surface area (TPSA) is 135 Å². The summed E-state index contributed by atoms with van der Waals surface area (Å²) in [7, 11) is 0. The number of thiophene rings is 1. The smallest absolute Gasteiger partial charge is 0.331 e. The molecule has 1 N–H and O–H groups in total. The van der Waals surface area contributed by atoms with Gasteiger partial charge in [-0.05, 0) is 34.7 Å². The minimum absolute atomic E-state index is 0.0460. The Morgan fingerprint density at radius 2 is 1.89 bits per heavy atom. The van der Waals surface area contributed by atoms with Crippen LogP contribution < -0.4 is 26.0 Å². The van der Waals surface area contributed by atoms with Gasteiger partial charge in [-0.1, -0.05) is 18.2 Å². The number of nitrogens with zero attached hydrogens (tertiary/aromatic N) is 3. The van der Waals surface area contributed by atoms with E-state index in [-0.39, 0.29) is 44.4 Å². The third-order valence-corrected chi connectivity index (χ3v) is 6.68. The quantitative estimate of drug-likeness (QED) is 0.286. The number of amides is 1. The van der Waals surface area contributed by atoms with Gasteiger partial charge in [0.05, 0.1) is 17.0 Å². The fourth-order valence-corrected chi connectivity index (χ4v) is 4.83. The van der Waals surface area contributed by atoms with E-state index in [0.717, 1.165) is 10.1 Å². The highest BCUT2D eigenvalue weighted by molar-refractivity contribution is 7.17. The van der Waals surface area contributed by atoms with Crippen molar-refractivity contribution >= 4 is 33.1 Å². The maximum Gasteiger partial charge on any atom is 0.331 e. The van der Waals surface area contributed by atoms with Crippen molar-refractivity contribution in [3.63, 3.8) is 0 Å². The number of carbonyl (C=O) groups is 1. The van der Waals surface area contributed by atoms with Gasteiger partial charge in [0.2, 0.25) is 12.7 Å². The summed E-state index contributed by atoms with van der Waals surface area (Å²) in [6, 6.07) is 13.0. The molecule has 2 aromatic heterocycles. The predicted octanol–water partition coefficient (Wildman–Crippen LogP) is 2.62. The lowest BCUT2D eigenvalue weighted by molar-refractivity contribution is -0.384. The Kier molecular flexibility index (Phi) is 6.25. The highest BCUT2D eigenvalue weighted by atomic mass is 32.1. The van der Waals surface area contributed by atoms with Crippen LogP contribution in [0.5, 0.6) is 11.5 Å². The number of nitro groups is 1. The second-order valence-corrected chi connectivity index (χ2v) is 9.02. The summed E-state index contributed by atoms with van der Waals surface area (Å²) in [5, 5.41) is 15.6. The molecule has 184 valence electrons. The van der Waals surface area contributed by atoms with Crippen LogP contribution in [0.4, 0.5) is 5.69 Å². The van der Waals surface area contributed by atoms with Gasteiger partial charge < -0.3 is 14.8 Å². The van der Waals surface area contributed by atoms with Gasteiger partial charge in [0.15, 0.2) is 11.5 Å². The first-order chi connectivity index (χ1) is 17.4. The van der Waals surface area contributed by atoms with E-state index in [4.69, 9.17) is 9.47 Å². The third-order valence-electron chi connectivity index (χ3n) is 5.79. The molecule has 0 saturated carbocycles.